The van der Waals surface area contributed by atoms with Gasteiger partial charge in [-0.25, -0.2) is 0 Å². The predicted octanol–water partition coefficient (Wildman–Crippen LogP) is 8.07. The number of hydrogen-bond donors (Lipinski definition) is 0. The van der Waals surface area contributed by atoms with Crippen LogP contribution in [0.5, 0.6) is 0 Å². The van der Waals surface area contributed by atoms with Crippen LogP contribution in [0.4, 0.5) is 10.0 Å². The molecule has 0 aliphatic carbocycles. The van der Waals surface area contributed by atoms with Gasteiger partial charge in [0.2, 0.25) is 0 Å². The molecule has 1 nitrogen and oxygen atoms in total. The van der Waals surface area contributed by atoms with Crippen molar-refractivity contribution >= 4 is 52.8 Å². The van der Waals surface area contributed by atoms with E-state index in [4.69, 9.17) is 0 Å². The van der Waals surface area contributed by atoms with Gasteiger partial charge < -0.3 is 4.90 Å². The van der Waals surface area contributed by atoms with Crippen LogP contribution in [0.1, 0.15) is 16.7 Å². The lowest BCUT2D eigenvalue weighted by molar-refractivity contribution is 0.985. The Kier molecular flexibility index (Phi) is 4.42. The minimum Gasteiger partial charge on any atom is -0.320 e. The van der Waals surface area contributed by atoms with Crippen molar-refractivity contribution in [2.45, 2.75) is 20.4 Å². The molecule has 0 bridgehead atoms. The van der Waals surface area contributed by atoms with Crippen LogP contribution in [0.25, 0.3) is 20.2 Å². The van der Waals surface area contributed by atoms with Crippen LogP contribution < -0.4 is 4.90 Å². The molecule has 2 aromatic heterocycles. The lowest BCUT2D eigenvalue weighted by Gasteiger charge is -2.22. The molecule has 0 amide bonds. The second kappa shape index (κ2) is 7.08. The molecule has 2 heterocycles. The van der Waals surface area contributed by atoms with Crippen molar-refractivity contribution in [3.8, 4) is 0 Å². The summed E-state index contributed by atoms with van der Waals surface area (Å²) in [7, 11) is 0. The molecule has 0 fully saturated rings. The summed E-state index contributed by atoms with van der Waals surface area (Å²) in [5.74, 6) is 0. The van der Waals surface area contributed by atoms with Crippen LogP contribution in [0.15, 0.2) is 78.9 Å². The van der Waals surface area contributed by atoms with E-state index >= 15 is 0 Å². The van der Waals surface area contributed by atoms with Gasteiger partial charge in [0.25, 0.3) is 0 Å². The van der Waals surface area contributed by atoms with Gasteiger partial charge in [0.15, 0.2) is 0 Å². The molecular weight excluding hydrogens is 378 g/mol. The first-order valence-electron chi connectivity index (χ1n) is 9.48. The highest BCUT2D eigenvalue weighted by molar-refractivity contribution is 7.25. The molecule has 138 valence electrons. The molecule has 0 atom stereocenters. The van der Waals surface area contributed by atoms with Crippen molar-refractivity contribution in [1.29, 1.82) is 0 Å². The second-order valence-electron chi connectivity index (χ2n) is 7.26. The van der Waals surface area contributed by atoms with Gasteiger partial charge in [0.1, 0.15) is 0 Å². The maximum absolute atomic E-state index is 2.48. The normalized spacial score (nSPS) is 11.4. The third-order valence-electron chi connectivity index (χ3n) is 5.18. The molecular formula is C25H21NS2. The Balaban J connectivity index is 1.64. The largest absolute Gasteiger partial charge is 0.320 e. The van der Waals surface area contributed by atoms with E-state index in [-0.39, 0.29) is 0 Å². The molecule has 0 N–H and O–H groups in total. The molecule has 0 spiro atoms. The van der Waals surface area contributed by atoms with Crippen LogP contribution >= 0.6 is 22.7 Å². The summed E-state index contributed by atoms with van der Waals surface area (Å²) < 4.78 is 2.67. The number of rotatable bonds is 4. The van der Waals surface area contributed by atoms with Gasteiger partial charge in [-0.2, -0.15) is 0 Å². The number of nitrogens with zero attached hydrogens (tertiary/aromatic N) is 1. The first kappa shape index (κ1) is 17.5. The van der Waals surface area contributed by atoms with E-state index < -0.39 is 0 Å². The molecule has 0 aliphatic rings. The highest BCUT2D eigenvalue weighted by Gasteiger charge is 2.17. The maximum atomic E-state index is 2.48. The average Bonchev–Trinajstić information content (AvgIpc) is 3.31. The van der Waals surface area contributed by atoms with E-state index in [0.29, 0.717) is 0 Å². The summed E-state index contributed by atoms with van der Waals surface area (Å²) in [5, 5.41) is 5.23. The Morgan fingerprint density at radius 2 is 1.25 bits per heavy atom. The lowest BCUT2D eigenvalue weighted by atomic mass is 10.1. The molecule has 5 rings (SSSR count). The lowest BCUT2D eigenvalue weighted by Crippen LogP contribution is -2.14. The van der Waals surface area contributed by atoms with Gasteiger partial charge in [-0.3, -0.25) is 0 Å². The van der Waals surface area contributed by atoms with Crippen LogP contribution in [0.2, 0.25) is 0 Å². The molecule has 0 radical (unpaired) electrons. The number of anilines is 2. The molecule has 0 saturated carbocycles. The van der Waals surface area contributed by atoms with Gasteiger partial charge in [-0.05, 0) is 60.0 Å². The van der Waals surface area contributed by atoms with Crippen molar-refractivity contribution in [2.75, 3.05) is 4.90 Å². The SMILES string of the molecule is Cc1ccc(CN(c2cc3ccccc3s2)c2cc3ccccc3s2)c(C)c1. The summed E-state index contributed by atoms with van der Waals surface area (Å²) in [6.07, 6.45) is 0. The number of benzene rings is 3. The quantitative estimate of drug-likeness (QED) is 0.295. The number of thiophene rings is 2. The summed E-state index contributed by atoms with van der Waals surface area (Å²) in [6.45, 7) is 5.26. The van der Waals surface area contributed by atoms with E-state index in [1.165, 1.54) is 46.9 Å². The molecule has 28 heavy (non-hydrogen) atoms. The Hall–Kier alpha value is -2.62. The minimum absolute atomic E-state index is 0.881. The molecule has 5 aromatic rings. The van der Waals surface area contributed by atoms with Gasteiger partial charge in [-0.1, -0.05) is 60.2 Å². The third kappa shape index (κ3) is 3.21. The van der Waals surface area contributed by atoms with Gasteiger partial charge in [0, 0.05) is 15.9 Å². The fourth-order valence-electron chi connectivity index (χ4n) is 3.66. The van der Waals surface area contributed by atoms with E-state index in [1.54, 1.807) is 0 Å². The van der Waals surface area contributed by atoms with Gasteiger partial charge >= 0.3 is 0 Å². The summed E-state index contributed by atoms with van der Waals surface area (Å²) in [4.78, 5) is 2.48. The minimum atomic E-state index is 0.881. The fourth-order valence-corrected chi connectivity index (χ4v) is 5.87. The van der Waals surface area contributed by atoms with Crippen LogP contribution in [-0.4, -0.2) is 0 Å². The van der Waals surface area contributed by atoms with E-state index in [2.05, 4.69) is 97.6 Å². The van der Waals surface area contributed by atoms with Crippen molar-refractivity contribution in [1.82, 2.24) is 0 Å². The van der Waals surface area contributed by atoms with Crippen molar-refractivity contribution in [2.24, 2.45) is 0 Å². The summed E-state index contributed by atoms with van der Waals surface area (Å²) >= 11 is 3.74. The van der Waals surface area contributed by atoms with Gasteiger partial charge in [0.05, 0.1) is 10.0 Å². The Labute approximate surface area is 173 Å². The van der Waals surface area contributed by atoms with E-state index in [0.717, 1.165) is 6.54 Å². The summed E-state index contributed by atoms with van der Waals surface area (Å²) in [5.41, 5.74) is 4.05. The Morgan fingerprint density at radius 1 is 0.679 bits per heavy atom. The predicted molar refractivity (Wildman–Crippen MR) is 125 cm³/mol. The Bertz CT molecular complexity index is 1140. The zero-order valence-electron chi connectivity index (χ0n) is 16.0. The highest BCUT2D eigenvalue weighted by Crippen LogP contribution is 2.42. The Morgan fingerprint density at radius 3 is 1.79 bits per heavy atom. The standard InChI is InChI=1S/C25H21NS2/c1-17-11-12-21(18(2)13-17)16-26(24-14-19-7-3-5-9-22(19)27-24)25-15-20-8-4-6-10-23(20)28-25/h3-15H,16H2,1-2H3. The van der Waals surface area contributed by atoms with E-state index in [9.17, 15) is 0 Å². The van der Waals surface area contributed by atoms with Gasteiger partial charge in [-0.15, -0.1) is 22.7 Å². The summed E-state index contributed by atoms with van der Waals surface area (Å²) in [6, 6.07) is 28.7. The molecule has 0 aliphatic heterocycles. The number of aryl methyl sites for hydroxylation is 2. The van der Waals surface area contributed by atoms with E-state index in [1.807, 2.05) is 22.7 Å². The van der Waals surface area contributed by atoms with Crippen molar-refractivity contribution < 1.29 is 0 Å². The smallest absolute Gasteiger partial charge is 0.0974 e. The first-order chi connectivity index (χ1) is 13.7. The van der Waals surface area contributed by atoms with Crippen LogP contribution in [0.3, 0.4) is 0 Å². The monoisotopic (exact) mass is 399 g/mol. The fraction of sp³-hybridized carbons (Fsp3) is 0.120. The molecule has 0 unspecified atom stereocenters. The average molecular weight is 400 g/mol. The zero-order valence-corrected chi connectivity index (χ0v) is 17.6. The number of hydrogen-bond acceptors (Lipinski definition) is 3. The second-order valence-corrected chi connectivity index (χ2v) is 9.39. The maximum Gasteiger partial charge on any atom is 0.0974 e. The molecule has 0 saturated heterocycles. The molecule has 3 heteroatoms. The zero-order chi connectivity index (χ0) is 19.1. The van der Waals surface area contributed by atoms with Crippen molar-refractivity contribution in [3.05, 3.63) is 95.6 Å². The first-order valence-corrected chi connectivity index (χ1v) is 11.1. The topological polar surface area (TPSA) is 3.24 Å². The highest BCUT2D eigenvalue weighted by atomic mass is 32.1. The van der Waals surface area contributed by atoms with Crippen LogP contribution in [0, 0.1) is 13.8 Å². The van der Waals surface area contributed by atoms with Crippen LogP contribution in [-0.2, 0) is 6.54 Å². The third-order valence-corrected chi connectivity index (χ3v) is 7.46. The van der Waals surface area contributed by atoms with Crippen molar-refractivity contribution in [3.63, 3.8) is 0 Å². The molecule has 3 aromatic carbocycles. The number of fused-ring (bicyclic) bond motifs is 2.